The monoisotopic (exact) mass is 438 g/mol. The number of carbonyl (C=O) groups is 1. The third-order valence-corrected chi connectivity index (χ3v) is 5.66. The predicted octanol–water partition coefficient (Wildman–Crippen LogP) is 3.96. The van der Waals surface area contributed by atoms with Crippen molar-refractivity contribution in [3.05, 3.63) is 77.0 Å². The first-order chi connectivity index (χ1) is 15.0. The van der Waals surface area contributed by atoms with E-state index >= 15 is 0 Å². The van der Waals surface area contributed by atoms with Crippen molar-refractivity contribution in [1.29, 1.82) is 0 Å². The van der Waals surface area contributed by atoms with Crippen molar-refractivity contribution >= 4 is 23.3 Å². The average Bonchev–Trinajstić information content (AvgIpc) is 3.50. The predicted molar refractivity (Wildman–Crippen MR) is 117 cm³/mol. The minimum atomic E-state index is -0.445. The second-order valence-electron chi connectivity index (χ2n) is 7.58. The first kappa shape index (κ1) is 21.2. The van der Waals surface area contributed by atoms with Gasteiger partial charge in [-0.2, -0.15) is 0 Å². The molecule has 31 heavy (non-hydrogen) atoms. The van der Waals surface area contributed by atoms with Gasteiger partial charge in [-0.1, -0.05) is 41.9 Å². The lowest BCUT2D eigenvalue weighted by molar-refractivity contribution is -0.117. The molecule has 2 aromatic heterocycles. The SMILES string of the molecule is COCc1nc(C)ncc1OC[C@@]1(c2ccccc2)C[C@H]1C(=O)Nc1cc(Cl)ccn1. The smallest absolute Gasteiger partial charge is 0.229 e. The fraction of sp³-hybridized carbons (Fsp3) is 0.304. The van der Waals surface area contributed by atoms with Crippen LogP contribution < -0.4 is 10.1 Å². The van der Waals surface area contributed by atoms with E-state index in [1.54, 1.807) is 31.6 Å². The number of ether oxygens (including phenoxy) is 2. The summed E-state index contributed by atoms with van der Waals surface area (Å²) in [5.74, 6) is 1.27. The number of pyridine rings is 1. The van der Waals surface area contributed by atoms with Gasteiger partial charge in [0, 0.05) is 23.7 Å². The molecule has 0 bridgehead atoms. The van der Waals surface area contributed by atoms with Crippen LogP contribution in [-0.2, 0) is 21.6 Å². The van der Waals surface area contributed by atoms with Crippen LogP contribution in [0.4, 0.5) is 5.82 Å². The van der Waals surface area contributed by atoms with E-state index in [-0.39, 0.29) is 11.8 Å². The first-order valence-corrected chi connectivity index (χ1v) is 10.3. The van der Waals surface area contributed by atoms with Crippen LogP contribution in [0.1, 0.15) is 23.5 Å². The maximum atomic E-state index is 13.0. The second kappa shape index (κ2) is 8.99. The lowest BCUT2D eigenvalue weighted by atomic mass is 9.93. The number of nitrogens with zero attached hydrogens (tertiary/aromatic N) is 3. The van der Waals surface area contributed by atoms with Gasteiger partial charge in [0.25, 0.3) is 0 Å². The van der Waals surface area contributed by atoms with Gasteiger partial charge in [-0.05, 0) is 31.0 Å². The Kier molecular flexibility index (Phi) is 6.15. The van der Waals surface area contributed by atoms with Gasteiger partial charge in [0.2, 0.25) is 5.91 Å². The van der Waals surface area contributed by atoms with Crippen LogP contribution in [0.3, 0.4) is 0 Å². The normalized spacial score (nSPS) is 19.6. The standard InChI is InChI=1S/C23H23ClN4O3/c1-15-26-12-20(19(27-15)13-30-2)31-14-23(16-6-4-3-5-7-16)11-18(23)22(29)28-21-10-17(24)8-9-25-21/h3-10,12,18H,11,13-14H2,1-2H3,(H,25,28,29)/t18-,23+/m0/s1. The van der Waals surface area contributed by atoms with E-state index in [0.717, 1.165) is 5.56 Å². The summed E-state index contributed by atoms with van der Waals surface area (Å²) in [6, 6.07) is 13.2. The number of aromatic nitrogens is 3. The van der Waals surface area contributed by atoms with E-state index in [4.69, 9.17) is 21.1 Å². The van der Waals surface area contributed by atoms with Crippen LogP contribution >= 0.6 is 11.6 Å². The van der Waals surface area contributed by atoms with Gasteiger partial charge in [0.15, 0.2) is 5.75 Å². The number of benzene rings is 1. The molecule has 0 spiro atoms. The van der Waals surface area contributed by atoms with Crippen molar-refractivity contribution in [3.63, 3.8) is 0 Å². The summed E-state index contributed by atoms with van der Waals surface area (Å²) in [5.41, 5.74) is 1.29. The second-order valence-corrected chi connectivity index (χ2v) is 8.01. The molecule has 7 nitrogen and oxygen atoms in total. The van der Waals surface area contributed by atoms with Gasteiger partial charge in [0.05, 0.1) is 25.3 Å². The van der Waals surface area contributed by atoms with Crippen LogP contribution in [-0.4, -0.2) is 34.6 Å². The molecule has 8 heteroatoms. The minimum absolute atomic E-state index is 0.112. The number of amides is 1. The van der Waals surface area contributed by atoms with Gasteiger partial charge >= 0.3 is 0 Å². The van der Waals surface area contributed by atoms with E-state index in [2.05, 4.69) is 20.3 Å². The summed E-state index contributed by atoms with van der Waals surface area (Å²) in [7, 11) is 1.61. The molecule has 1 fully saturated rings. The van der Waals surface area contributed by atoms with Crippen molar-refractivity contribution in [2.75, 3.05) is 19.0 Å². The molecule has 1 amide bonds. The van der Waals surface area contributed by atoms with Gasteiger partial charge in [-0.15, -0.1) is 0 Å². The maximum Gasteiger partial charge on any atom is 0.229 e. The number of hydrogen-bond donors (Lipinski definition) is 1. The fourth-order valence-electron chi connectivity index (χ4n) is 3.74. The van der Waals surface area contributed by atoms with Crippen LogP contribution in [0.15, 0.2) is 54.9 Å². The Morgan fingerprint density at radius 2 is 2.06 bits per heavy atom. The summed E-state index contributed by atoms with van der Waals surface area (Å²) in [6.07, 6.45) is 3.88. The summed E-state index contributed by atoms with van der Waals surface area (Å²) in [4.78, 5) is 25.8. The Balaban J connectivity index is 1.55. The topological polar surface area (TPSA) is 86.2 Å². The third-order valence-electron chi connectivity index (χ3n) is 5.43. The first-order valence-electron chi connectivity index (χ1n) is 9.94. The Morgan fingerprint density at radius 3 is 2.81 bits per heavy atom. The highest BCUT2D eigenvalue weighted by Gasteiger charge is 2.60. The van der Waals surface area contributed by atoms with Gasteiger partial charge in [0.1, 0.15) is 17.3 Å². The average molecular weight is 439 g/mol. The largest absolute Gasteiger partial charge is 0.489 e. The Morgan fingerprint density at radius 1 is 1.26 bits per heavy atom. The van der Waals surface area contributed by atoms with Crippen LogP contribution in [0.5, 0.6) is 5.75 Å². The van der Waals surface area contributed by atoms with E-state index < -0.39 is 5.41 Å². The van der Waals surface area contributed by atoms with Crippen molar-refractivity contribution in [2.24, 2.45) is 5.92 Å². The lowest BCUT2D eigenvalue weighted by Crippen LogP contribution is -2.27. The van der Waals surface area contributed by atoms with Crippen LogP contribution in [0.25, 0.3) is 0 Å². The molecular weight excluding hydrogens is 416 g/mol. The maximum absolute atomic E-state index is 13.0. The van der Waals surface area contributed by atoms with E-state index in [1.165, 1.54) is 0 Å². The summed E-state index contributed by atoms with van der Waals surface area (Å²) < 4.78 is 11.4. The molecule has 3 aromatic rings. The summed E-state index contributed by atoms with van der Waals surface area (Å²) in [6.45, 7) is 2.46. The van der Waals surface area contributed by atoms with Crippen molar-refractivity contribution in [3.8, 4) is 5.75 Å². The molecule has 0 aliphatic heterocycles. The van der Waals surface area contributed by atoms with E-state index in [0.29, 0.717) is 47.7 Å². The Labute approximate surface area is 185 Å². The molecular formula is C23H23ClN4O3. The lowest BCUT2D eigenvalue weighted by Gasteiger charge is -2.20. The number of methoxy groups -OCH3 is 1. The minimum Gasteiger partial charge on any atom is -0.489 e. The molecule has 160 valence electrons. The van der Waals surface area contributed by atoms with Gasteiger partial charge < -0.3 is 14.8 Å². The molecule has 2 atom stereocenters. The highest BCUT2D eigenvalue weighted by molar-refractivity contribution is 6.30. The van der Waals surface area contributed by atoms with Crippen LogP contribution in [0.2, 0.25) is 5.02 Å². The van der Waals surface area contributed by atoms with Crippen molar-refractivity contribution in [1.82, 2.24) is 15.0 Å². The molecule has 1 aliphatic rings. The zero-order valence-electron chi connectivity index (χ0n) is 17.3. The molecule has 2 heterocycles. The molecule has 0 radical (unpaired) electrons. The Bertz CT molecular complexity index is 1080. The van der Waals surface area contributed by atoms with Gasteiger partial charge in [-0.3, -0.25) is 4.79 Å². The zero-order chi connectivity index (χ0) is 21.8. The van der Waals surface area contributed by atoms with Gasteiger partial charge in [-0.25, -0.2) is 15.0 Å². The van der Waals surface area contributed by atoms with E-state index in [9.17, 15) is 4.79 Å². The number of hydrogen-bond acceptors (Lipinski definition) is 6. The molecule has 1 N–H and O–H groups in total. The molecule has 4 rings (SSSR count). The highest BCUT2D eigenvalue weighted by atomic mass is 35.5. The highest BCUT2D eigenvalue weighted by Crippen LogP contribution is 2.55. The number of rotatable bonds is 8. The molecule has 1 aromatic carbocycles. The summed E-state index contributed by atoms with van der Waals surface area (Å²) in [5, 5.41) is 3.39. The van der Waals surface area contributed by atoms with Crippen molar-refractivity contribution < 1.29 is 14.3 Å². The van der Waals surface area contributed by atoms with E-state index in [1.807, 2.05) is 37.3 Å². The molecule has 1 saturated carbocycles. The number of nitrogens with one attached hydrogen (secondary N) is 1. The third kappa shape index (κ3) is 4.68. The van der Waals surface area contributed by atoms with Crippen molar-refractivity contribution in [2.45, 2.75) is 25.4 Å². The molecule has 0 saturated heterocycles. The fourth-order valence-corrected chi connectivity index (χ4v) is 3.90. The zero-order valence-corrected chi connectivity index (χ0v) is 18.1. The number of anilines is 1. The number of carbonyl (C=O) groups excluding carboxylic acids is 1. The molecule has 0 unspecified atom stereocenters. The Hall–Kier alpha value is -3.03. The quantitative estimate of drug-likeness (QED) is 0.573. The summed E-state index contributed by atoms with van der Waals surface area (Å²) >= 11 is 6.01. The number of halogens is 1. The number of aryl methyl sites for hydroxylation is 1. The van der Waals surface area contributed by atoms with Crippen LogP contribution in [0, 0.1) is 12.8 Å². The molecule has 1 aliphatic carbocycles.